The lowest BCUT2D eigenvalue weighted by molar-refractivity contribution is -0.152. The third kappa shape index (κ3) is 4.12. The molecular weight excluding hydrogens is 418 g/mol. The lowest BCUT2D eigenvalue weighted by Crippen LogP contribution is -2.54. The molecule has 1 atom stereocenters. The van der Waals surface area contributed by atoms with Crippen molar-refractivity contribution in [3.05, 3.63) is 64.6 Å². The van der Waals surface area contributed by atoms with Crippen molar-refractivity contribution in [2.24, 2.45) is 0 Å². The van der Waals surface area contributed by atoms with Gasteiger partial charge in [-0.3, -0.25) is 9.80 Å². The first-order valence-corrected chi connectivity index (χ1v) is 9.81. The van der Waals surface area contributed by atoms with Gasteiger partial charge in [0, 0.05) is 19.2 Å². The number of furan rings is 1. The number of carbonyl (C=O) groups is 1. The summed E-state index contributed by atoms with van der Waals surface area (Å²) in [6.07, 6.45) is -3.36. The number of halogens is 4. The van der Waals surface area contributed by atoms with Crippen LogP contribution in [-0.4, -0.2) is 40.2 Å². The fourth-order valence-corrected chi connectivity index (χ4v) is 4.08. The number of fused-ring (bicyclic) bond motifs is 1. The van der Waals surface area contributed by atoms with E-state index in [1.165, 1.54) is 36.2 Å². The highest BCUT2D eigenvalue weighted by Gasteiger charge is 2.43. The molecule has 0 radical (unpaired) electrons. The maximum atomic E-state index is 13.6. The third-order valence-corrected chi connectivity index (χ3v) is 5.44. The molecule has 2 aromatic rings. The number of alkyl halides is 3. The van der Waals surface area contributed by atoms with Gasteiger partial charge in [0.15, 0.2) is 0 Å². The van der Waals surface area contributed by atoms with Crippen LogP contribution in [0.5, 0.6) is 0 Å². The summed E-state index contributed by atoms with van der Waals surface area (Å²) in [6.45, 7) is 1.70. The van der Waals surface area contributed by atoms with E-state index in [1.807, 2.05) is 0 Å². The Morgan fingerprint density at radius 3 is 2.77 bits per heavy atom. The van der Waals surface area contributed by atoms with Gasteiger partial charge in [-0.05, 0) is 37.5 Å². The average Bonchev–Trinajstić information content (AvgIpc) is 3.32. The van der Waals surface area contributed by atoms with Crippen LogP contribution in [0.15, 0.2) is 46.1 Å². The molecule has 31 heavy (non-hydrogen) atoms. The standard InChI is InChI=1S/C21H21F4N3O3/c1-12-8-16(19(31-12)21(23,24)25)26-10-15-18(29)17-6-3-7-27(17)28(20(15)30)11-13-4-2-5-14(22)9-13/h2,4-5,8-9,17,26,29H,3,6-7,10-11H2,1H3/t17-/m1/s1. The van der Waals surface area contributed by atoms with Crippen molar-refractivity contribution in [2.75, 3.05) is 18.4 Å². The van der Waals surface area contributed by atoms with E-state index in [-0.39, 0.29) is 35.9 Å². The van der Waals surface area contributed by atoms with Crippen molar-refractivity contribution in [1.29, 1.82) is 0 Å². The number of aliphatic hydroxyl groups excluding tert-OH is 1. The minimum absolute atomic E-state index is 0.0217. The number of rotatable bonds is 5. The van der Waals surface area contributed by atoms with Gasteiger partial charge < -0.3 is 14.8 Å². The molecule has 2 N–H and O–H groups in total. The fourth-order valence-electron chi connectivity index (χ4n) is 4.08. The molecule has 1 aromatic heterocycles. The van der Waals surface area contributed by atoms with Crippen molar-refractivity contribution >= 4 is 11.6 Å². The van der Waals surface area contributed by atoms with E-state index in [0.29, 0.717) is 18.5 Å². The molecule has 0 aliphatic carbocycles. The zero-order valence-corrected chi connectivity index (χ0v) is 16.7. The van der Waals surface area contributed by atoms with E-state index < -0.39 is 29.7 Å². The Morgan fingerprint density at radius 1 is 1.29 bits per heavy atom. The van der Waals surface area contributed by atoms with Crippen LogP contribution in [-0.2, 0) is 17.5 Å². The summed E-state index contributed by atoms with van der Waals surface area (Å²) < 4.78 is 57.9. The van der Waals surface area contributed by atoms with Crippen molar-refractivity contribution in [3.63, 3.8) is 0 Å². The molecule has 166 valence electrons. The zero-order valence-electron chi connectivity index (χ0n) is 16.7. The number of amides is 1. The lowest BCUT2D eigenvalue weighted by Gasteiger charge is -2.40. The van der Waals surface area contributed by atoms with Crippen molar-refractivity contribution < 1.29 is 31.9 Å². The predicted octanol–water partition coefficient (Wildman–Crippen LogP) is 4.39. The normalized spacial score (nSPS) is 19.8. The molecular formula is C21H21F4N3O3. The first-order valence-electron chi connectivity index (χ1n) is 9.81. The Morgan fingerprint density at radius 2 is 2.06 bits per heavy atom. The second kappa shape index (κ2) is 7.92. The van der Waals surface area contributed by atoms with E-state index in [4.69, 9.17) is 4.42 Å². The van der Waals surface area contributed by atoms with Gasteiger partial charge in [0.1, 0.15) is 17.3 Å². The quantitative estimate of drug-likeness (QED) is 0.677. The van der Waals surface area contributed by atoms with Gasteiger partial charge in [-0.25, -0.2) is 9.40 Å². The molecule has 1 saturated heterocycles. The second-order valence-electron chi connectivity index (χ2n) is 7.63. The van der Waals surface area contributed by atoms with Gasteiger partial charge in [-0.15, -0.1) is 0 Å². The summed E-state index contributed by atoms with van der Waals surface area (Å²) in [5.41, 5.74) is 0.243. The molecule has 0 spiro atoms. The van der Waals surface area contributed by atoms with Crippen LogP contribution >= 0.6 is 0 Å². The summed E-state index contributed by atoms with van der Waals surface area (Å²) in [4.78, 5) is 13.2. The number of benzene rings is 1. The molecule has 3 heterocycles. The van der Waals surface area contributed by atoms with E-state index in [2.05, 4.69) is 5.32 Å². The summed E-state index contributed by atoms with van der Waals surface area (Å²) in [5, 5.41) is 16.4. The van der Waals surface area contributed by atoms with Crippen molar-refractivity contribution in [3.8, 4) is 0 Å². The molecule has 4 rings (SSSR count). The number of anilines is 1. The number of aryl methyl sites for hydroxylation is 1. The molecule has 0 unspecified atom stereocenters. The van der Waals surface area contributed by atoms with Gasteiger partial charge in [0.25, 0.3) is 5.91 Å². The minimum atomic E-state index is -4.70. The van der Waals surface area contributed by atoms with Gasteiger partial charge in [0.05, 0.1) is 23.8 Å². The minimum Gasteiger partial charge on any atom is -0.510 e. The van der Waals surface area contributed by atoms with Crippen LogP contribution in [0.1, 0.15) is 29.9 Å². The fraction of sp³-hybridized carbons (Fsp3) is 0.381. The Bertz CT molecular complexity index is 1030. The number of hydrogen-bond acceptors (Lipinski definition) is 5. The number of nitrogens with zero attached hydrogens (tertiary/aromatic N) is 2. The third-order valence-electron chi connectivity index (χ3n) is 5.44. The van der Waals surface area contributed by atoms with E-state index in [9.17, 15) is 27.5 Å². The Kier molecular flexibility index (Phi) is 5.42. The summed E-state index contributed by atoms with van der Waals surface area (Å²) >= 11 is 0. The highest BCUT2D eigenvalue weighted by atomic mass is 19.4. The van der Waals surface area contributed by atoms with Crippen LogP contribution in [0.3, 0.4) is 0 Å². The van der Waals surface area contributed by atoms with Crippen LogP contribution in [0, 0.1) is 12.7 Å². The predicted molar refractivity (Wildman–Crippen MR) is 103 cm³/mol. The Balaban J connectivity index is 1.60. The molecule has 2 aliphatic rings. The summed E-state index contributed by atoms with van der Waals surface area (Å²) in [7, 11) is 0. The SMILES string of the molecule is Cc1cc(NCC2=C(O)[C@H]3CCCN3N(Cc3cccc(F)c3)C2=O)c(C(F)(F)F)o1. The van der Waals surface area contributed by atoms with Gasteiger partial charge in [-0.1, -0.05) is 12.1 Å². The molecule has 6 nitrogen and oxygen atoms in total. The molecule has 0 bridgehead atoms. The molecule has 10 heteroatoms. The smallest absolute Gasteiger partial charge is 0.451 e. The maximum Gasteiger partial charge on any atom is 0.451 e. The van der Waals surface area contributed by atoms with Crippen molar-refractivity contribution in [2.45, 2.75) is 38.5 Å². The number of nitrogens with one attached hydrogen (secondary N) is 1. The van der Waals surface area contributed by atoms with Gasteiger partial charge in [-0.2, -0.15) is 13.2 Å². The summed E-state index contributed by atoms with van der Waals surface area (Å²) in [5.74, 6) is -2.25. The molecule has 2 aliphatic heterocycles. The summed E-state index contributed by atoms with van der Waals surface area (Å²) in [6, 6.07) is 6.58. The van der Waals surface area contributed by atoms with Crippen LogP contribution in [0.25, 0.3) is 0 Å². The first kappa shape index (κ1) is 21.2. The Hall–Kier alpha value is -3.01. The van der Waals surface area contributed by atoms with Gasteiger partial charge >= 0.3 is 6.18 Å². The van der Waals surface area contributed by atoms with Gasteiger partial charge in [0.2, 0.25) is 5.76 Å². The molecule has 1 amide bonds. The topological polar surface area (TPSA) is 69.0 Å². The van der Waals surface area contributed by atoms with E-state index in [0.717, 1.165) is 6.42 Å². The van der Waals surface area contributed by atoms with Crippen molar-refractivity contribution in [1.82, 2.24) is 10.0 Å². The largest absolute Gasteiger partial charge is 0.510 e. The lowest BCUT2D eigenvalue weighted by atomic mass is 10.0. The molecule has 1 fully saturated rings. The number of aliphatic hydroxyl groups is 1. The molecule has 1 aromatic carbocycles. The second-order valence-corrected chi connectivity index (χ2v) is 7.63. The maximum absolute atomic E-state index is 13.6. The van der Waals surface area contributed by atoms with Crippen LogP contribution < -0.4 is 5.32 Å². The van der Waals surface area contributed by atoms with E-state index >= 15 is 0 Å². The monoisotopic (exact) mass is 439 g/mol. The van der Waals surface area contributed by atoms with E-state index in [1.54, 1.807) is 11.1 Å². The average molecular weight is 439 g/mol. The zero-order chi connectivity index (χ0) is 22.3. The van der Waals surface area contributed by atoms with Crippen LogP contribution in [0.2, 0.25) is 0 Å². The molecule has 0 saturated carbocycles. The first-order chi connectivity index (χ1) is 14.6. The highest BCUT2D eigenvalue weighted by molar-refractivity contribution is 5.95. The highest BCUT2D eigenvalue weighted by Crippen LogP contribution is 2.38. The Labute approximate surface area is 175 Å². The van der Waals surface area contributed by atoms with Crippen LogP contribution in [0.4, 0.5) is 23.2 Å². The number of carbonyl (C=O) groups excluding carboxylic acids is 1. The number of hydrogen-bond donors (Lipinski definition) is 2. The number of hydrazine groups is 1.